The molecule has 30 heavy (non-hydrogen) atoms. The molecule has 0 atom stereocenters. The van der Waals surface area contributed by atoms with Crippen molar-refractivity contribution in [2.24, 2.45) is 0 Å². The van der Waals surface area contributed by atoms with Gasteiger partial charge in [-0.1, -0.05) is 25.0 Å². The molecule has 3 rings (SSSR count). The topological polar surface area (TPSA) is 96.7 Å². The molecule has 1 aliphatic rings. The van der Waals surface area contributed by atoms with Gasteiger partial charge >= 0.3 is 5.97 Å². The zero-order valence-electron chi connectivity index (χ0n) is 16.8. The van der Waals surface area contributed by atoms with E-state index >= 15 is 0 Å². The Morgan fingerprint density at radius 3 is 2.33 bits per heavy atom. The van der Waals surface area contributed by atoms with Crippen LogP contribution in [0, 0.1) is 11.3 Å². The molecule has 2 aromatic rings. The van der Waals surface area contributed by atoms with Crippen LogP contribution in [0.15, 0.2) is 47.4 Å². The Balaban J connectivity index is 1.81. The second kappa shape index (κ2) is 9.74. The SMILES string of the molecule is COc1ccc(S(=O)(=O)N2CCCCCC2)cc1C(=O)OCc1ccc(C#N)cc1. The third-order valence-electron chi connectivity index (χ3n) is 5.05. The largest absolute Gasteiger partial charge is 0.496 e. The van der Waals surface area contributed by atoms with Gasteiger partial charge in [0.15, 0.2) is 0 Å². The molecule has 1 fully saturated rings. The van der Waals surface area contributed by atoms with Crippen molar-refractivity contribution >= 4 is 16.0 Å². The van der Waals surface area contributed by atoms with Crippen molar-refractivity contribution in [1.82, 2.24) is 4.31 Å². The van der Waals surface area contributed by atoms with E-state index in [1.165, 1.54) is 29.6 Å². The van der Waals surface area contributed by atoms with Crippen molar-refractivity contribution in [2.75, 3.05) is 20.2 Å². The summed E-state index contributed by atoms with van der Waals surface area (Å²) in [5, 5.41) is 8.85. The molecule has 8 heteroatoms. The molecular weight excluding hydrogens is 404 g/mol. The average molecular weight is 429 g/mol. The number of nitrogens with zero attached hydrogens (tertiary/aromatic N) is 2. The highest BCUT2D eigenvalue weighted by atomic mass is 32.2. The highest BCUT2D eigenvalue weighted by molar-refractivity contribution is 7.89. The van der Waals surface area contributed by atoms with Crippen molar-refractivity contribution in [2.45, 2.75) is 37.2 Å². The van der Waals surface area contributed by atoms with Gasteiger partial charge in [0.25, 0.3) is 0 Å². The highest BCUT2D eigenvalue weighted by Crippen LogP contribution is 2.27. The first-order valence-electron chi connectivity index (χ1n) is 9.80. The summed E-state index contributed by atoms with van der Waals surface area (Å²) in [6.45, 7) is 0.955. The van der Waals surface area contributed by atoms with Gasteiger partial charge in [-0.2, -0.15) is 9.57 Å². The van der Waals surface area contributed by atoms with Crippen LogP contribution in [0.5, 0.6) is 5.75 Å². The van der Waals surface area contributed by atoms with Crippen LogP contribution in [0.2, 0.25) is 0 Å². The van der Waals surface area contributed by atoms with E-state index in [9.17, 15) is 13.2 Å². The minimum absolute atomic E-state index is 0.00318. The number of ether oxygens (including phenoxy) is 2. The second-order valence-electron chi connectivity index (χ2n) is 7.07. The monoisotopic (exact) mass is 428 g/mol. The number of carbonyl (C=O) groups is 1. The number of hydrogen-bond acceptors (Lipinski definition) is 6. The molecule has 0 aliphatic carbocycles. The van der Waals surface area contributed by atoms with Crippen molar-refractivity contribution in [3.05, 3.63) is 59.2 Å². The van der Waals surface area contributed by atoms with Crippen LogP contribution in [0.4, 0.5) is 0 Å². The lowest BCUT2D eigenvalue weighted by Crippen LogP contribution is -2.32. The molecule has 0 radical (unpaired) electrons. The van der Waals surface area contributed by atoms with Gasteiger partial charge in [0.2, 0.25) is 10.0 Å². The number of carbonyl (C=O) groups excluding carboxylic acids is 1. The van der Waals surface area contributed by atoms with Gasteiger partial charge < -0.3 is 9.47 Å². The van der Waals surface area contributed by atoms with Gasteiger partial charge in [-0.15, -0.1) is 0 Å². The number of hydrogen-bond donors (Lipinski definition) is 0. The van der Waals surface area contributed by atoms with E-state index in [1.807, 2.05) is 6.07 Å². The maximum atomic E-state index is 13.1. The van der Waals surface area contributed by atoms with E-state index in [-0.39, 0.29) is 22.8 Å². The van der Waals surface area contributed by atoms with Gasteiger partial charge in [-0.05, 0) is 48.7 Å². The smallest absolute Gasteiger partial charge is 0.342 e. The standard InChI is InChI=1S/C22H24N2O5S/c1-28-21-11-10-19(30(26,27)24-12-4-2-3-5-13-24)14-20(21)22(25)29-16-18-8-6-17(15-23)7-9-18/h6-11,14H,2-5,12-13,16H2,1H3. The predicted molar refractivity (Wildman–Crippen MR) is 110 cm³/mol. The molecule has 0 bridgehead atoms. The molecule has 2 aromatic carbocycles. The van der Waals surface area contributed by atoms with E-state index in [1.54, 1.807) is 24.3 Å². The molecule has 0 N–H and O–H groups in total. The molecule has 1 heterocycles. The summed E-state index contributed by atoms with van der Waals surface area (Å²) in [6, 6.07) is 12.9. The first-order chi connectivity index (χ1) is 14.5. The molecule has 0 spiro atoms. The van der Waals surface area contributed by atoms with Crippen LogP contribution >= 0.6 is 0 Å². The lowest BCUT2D eigenvalue weighted by Gasteiger charge is -2.20. The number of nitriles is 1. The van der Waals surface area contributed by atoms with Gasteiger partial charge in [0, 0.05) is 13.1 Å². The molecule has 7 nitrogen and oxygen atoms in total. The summed E-state index contributed by atoms with van der Waals surface area (Å²) in [6.07, 6.45) is 3.69. The molecular formula is C22H24N2O5S. The summed E-state index contributed by atoms with van der Waals surface area (Å²) < 4.78 is 38.2. The summed E-state index contributed by atoms with van der Waals surface area (Å²) in [4.78, 5) is 12.7. The van der Waals surface area contributed by atoms with E-state index < -0.39 is 16.0 Å². The quantitative estimate of drug-likeness (QED) is 0.654. The van der Waals surface area contributed by atoms with Gasteiger partial charge in [-0.25, -0.2) is 13.2 Å². The lowest BCUT2D eigenvalue weighted by atomic mass is 10.1. The Hall–Kier alpha value is -2.89. The maximum Gasteiger partial charge on any atom is 0.342 e. The van der Waals surface area contributed by atoms with Crippen molar-refractivity contribution in [1.29, 1.82) is 5.26 Å². The molecule has 0 unspecified atom stereocenters. The van der Waals surface area contributed by atoms with Crippen molar-refractivity contribution in [3.63, 3.8) is 0 Å². The van der Waals surface area contributed by atoms with Crippen molar-refractivity contribution in [3.8, 4) is 11.8 Å². The second-order valence-corrected chi connectivity index (χ2v) is 9.00. The van der Waals surface area contributed by atoms with E-state index in [4.69, 9.17) is 14.7 Å². The minimum atomic E-state index is -3.70. The molecule has 158 valence electrons. The third-order valence-corrected chi connectivity index (χ3v) is 6.94. The Bertz CT molecular complexity index is 1030. The molecule has 1 aliphatic heterocycles. The zero-order chi connectivity index (χ0) is 21.6. The van der Waals surface area contributed by atoms with Crippen LogP contribution in [-0.4, -0.2) is 38.9 Å². The maximum absolute atomic E-state index is 13.1. The number of rotatable bonds is 6. The number of esters is 1. The Kier molecular flexibility index (Phi) is 7.08. The van der Waals surface area contributed by atoms with Crippen LogP contribution in [0.1, 0.15) is 47.2 Å². The molecule has 0 amide bonds. The summed E-state index contributed by atoms with van der Waals surface area (Å²) >= 11 is 0. The first-order valence-corrected chi connectivity index (χ1v) is 11.2. The van der Waals surface area contributed by atoms with Gasteiger partial charge in [0.05, 0.1) is 23.6 Å². The highest BCUT2D eigenvalue weighted by Gasteiger charge is 2.27. The summed E-state index contributed by atoms with van der Waals surface area (Å²) in [5.41, 5.74) is 1.29. The van der Waals surface area contributed by atoms with E-state index in [0.29, 0.717) is 18.7 Å². The number of benzene rings is 2. The summed E-state index contributed by atoms with van der Waals surface area (Å²) in [7, 11) is -2.29. The summed E-state index contributed by atoms with van der Waals surface area (Å²) in [5.74, 6) is -0.432. The van der Waals surface area contributed by atoms with Gasteiger partial charge in [-0.3, -0.25) is 0 Å². The Labute approximate surface area is 176 Å². The zero-order valence-corrected chi connectivity index (χ0v) is 17.7. The normalized spacial score (nSPS) is 15.1. The Morgan fingerprint density at radius 1 is 1.07 bits per heavy atom. The van der Waals surface area contributed by atoms with E-state index in [2.05, 4.69) is 0 Å². The van der Waals surface area contributed by atoms with Crippen LogP contribution < -0.4 is 4.74 Å². The fourth-order valence-electron chi connectivity index (χ4n) is 3.34. The Morgan fingerprint density at radius 2 is 1.73 bits per heavy atom. The molecule has 0 aromatic heterocycles. The molecule has 1 saturated heterocycles. The van der Waals surface area contributed by atoms with Crippen LogP contribution in [0.25, 0.3) is 0 Å². The third kappa shape index (κ3) is 4.99. The fraction of sp³-hybridized carbons (Fsp3) is 0.364. The number of sulfonamides is 1. The minimum Gasteiger partial charge on any atom is -0.496 e. The average Bonchev–Trinajstić information content (AvgIpc) is 3.07. The van der Waals surface area contributed by atoms with Gasteiger partial charge in [0.1, 0.15) is 17.9 Å². The predicted octanol–water partition coefficient (Wildman–Crippen LogP) is 3.49. The molecule has 0 saturated carbocycles. The van der Waals surface area contributed by atoms with Crippen LogP contribution in [0.3, 0.4) is 0 Å². The van der Waals surface area contributed by atoms with Crippen molar-refractivity contribution < 1.29 is 22.7 Å². The van der Waals surface area contributed by atoms with E-state index in [0.717, 1.165) is 31.2 Å². The number of methoxy groups -OCH3 is 1. The van der Waals surface area contributed by atoms with Crippen LogP contribution in [-0.2, 0) is 21.4 Å². The fourth-order valence-corrected chi connectivity index (χ4v) is 4.88. The first kappa shape index (κ1) is 21.8. The lowest BCUT2D eigenvalue weighted by molar-refractivity contribution is 0.0468.